The highest BCUT2D eigenvalue weighted by molar-refractivity contribution is 5.76. The Kier molecular flexibility index (Phi) is 40.5. The van der Waals surface area contributed by atoms with E-state index in [1.54, 1.807) is 6.08 Å². The number of aliphatic hydroxyl groups excluding tert-OH is 11. The monoisotopic (exact) mass is 1150 g/mol. The molecule has 0 bridgehead atoms. The van der Waals surface area contributed by atoms with Crippen LogP contribution in [0.15, 0.2) is 24.3 Å². The minimum absolute atomic E-state index is 0.234. The molecule has 0 aliphatic carbocycles. The van der Waals surface area contributed by atoms with E-state index in [2.05, 4.69) is 31.3 Å². The number of carbonyl (C=O) groups excluding carboxylic acids is 1. The summed E-state index contributed by atoms with van der Waals surface area (Å²) in [6.45, 7) is 1.68. The number of carbonyl (C=O) groups is 1. The van der Waals surface area contributed by atoms with Gasteiger partial charge in [0.2, 0.25) is 5.91 Å². The summed E-state index contributed by atoms with van der Waals surface area (Å²) in [7, 11) is 0. The fourth-order valence-corrected chi connectivity index (χ4v) is 10.8. The highest BCUT2D eigenvalue weighted by atomic mass is 16.8. The van der Waals surface area contributed by atoms with Gasteiger partial charge in [-0.05, 0) is 38.5 Å². The molecule has 3 fully saturated rings. The van der Waals surface area contributed by atoms with Crippen LogP contribution in [0.2, 0.25) is 0 Å². The summed E-state index contributed by atoms with van der Waals surface area (Å²) in [5.74, 6) is -0.286. The molecule has 0 radical (unpaired) electrons. The van der Waals surface area contributed by atoms with Gasteiger partial charge in [0.15, 0.2) is 18.9 Å². The first kappa shape index (κ1) is 72.5. The van der Waals surface area contributed by atoms with Crippen LogP contribution in [0, 0.1) is 0 Å². The van der Waals surface area contributed by atoms with Crippen molar-refractivity contribution >= 4 is 5.91 Å². The average molecular weight is 1150 g/mol. The molecule has 17 atom stereocenters. The normalized spacial score (nSPS) is 30.1. The van der Waals surface area contributed by atoms with Crippen LogP contribution in [0.4, 0.5) is 0 Å². The maximum absolute atomic E-state index is 13.3. The Hall–Kier alpha value is -1.73. The van der Waals surface area contributed by atoms with Crippen molar-refractivity contribution in [1.29, 1.82) is 0 Å². The zero-order chi connectivity index (χ0) is 58.3. The number of rotatable bonds is 47. The van der Waals surface area contributed by atoms with Gasteiger partial charge in [-0.25, -0.2) is 0 Å². The number of ether oxygens (including phenoxy) is 6. The minimum atomic E-state index is -1.98. The SMILES string of the molecule is CCCC/C=C\CCCCCCCC(=O)NC(COC1OC(CO)C(OC2OC(CO)C(OC3OC(CO)C(O)C(O)C3O)C(O)C2O)C(O)C1O)C(O)/C=C/CCCCCCCCCCCCCCCCCCCCCCCC. The van der Waals surface area contributed by atoms with Crippen molar-refractivity contribution in [3.8, 4) is 0 Å². The molecule has 0 spiro atoms. The number of nitrogens with one attached hydrogen (secondary N) is 1. The van der Waals surface area contributed by atoms with Gasteiger partial charge < -0.3 is 89.9 Å². The zero-order valence-corrected chi connectivity index (χ0v) is 49.1. The lowest BCUT2D eigenvalue weighted by Gasteiger charge is -2.48. The van der Waals surface area contributed by atoms with Gasteiger partial charge in [-0.15, -0.1) is 0 Å². The molecular formula is C61H113NO18. The van der Waals surface area contributed by atoms with Crippen molar-refractivity contribution in [3.05, 3.63) is 24.3 Å². The highest BCUT2D eigenvalue weighted by Gasteiger charge is 2.53. The number of amides is 1. The molecule has 1 amide bonds. The third kappa shape index (κ3) is 28.0. The van der Waals surface area contributed by atoms with E-state index in [0.29, 0.717) is 6.42 Å². The third-order valence-corrected chi connectivity index (χ3v) is 16.0. The molecule has 3 aliphatic rings. The van der Waals surface area contributed by atoms with Gasteiger partial charge in [0.25, 0.3) is 0 Å². The van der Waals surface area contributed by atoms with Crippen molar-refractivity contribution in [2.75, 3.05) is 26.4 Å². The Bertz CT molecular complexity index is 1560. The lowest BCUT2D eigenvalue weighted by atomic mass is 9.96. The third-order valence-electron chi connectivity index (χ3n) is 16.0. The zero-order valence-electron chi connectivity index (χ0n) is 49.1. The predicted molar refractivity (Wildman–Crippen MR) is 305 cm³/mol. The minimum Gasteiger partial charge on any atom is -0.394 e. The predicted octanol–water partition coefficient (Wildman–Crippen LogP) is 6.32. The van der Waals surface area contributed by atoms with E-state index >= 15 is 0 Å². The van der Waals surface area contributed by atoms with Gasteiger partial charge in [0, 0.05) is 6.42 Å². The van der Waals surface area contributed by atoms with E-state index in [4.69, 9.17) is 28.4 Å². The first-order chi connectivity index (χ1) is 38.8. The lowest BCUT2D eigenvalue weighted by Crippen LogP contribution is -2.66. The molecule has 0 aromatic rings. The Balaban J connectivity index is 1.45. The van der Waals surface area contributed by atoms with Gasteiger partial charge >= 0.3 is 0 Å². The van der Waals surface area contributed by atoms with Crippen LogP contribution in [-0.4, -0.2) is 193 Å². The van der Waals surface area contributed by atoms with Crippen molar-refractivity contribution in [2.45, 2.75) is 330 Å². The summed E-state index contributed by atoms with van der Waals surface area (Å²) in [5.41, 5.74) is 0. The van der Waals surface area contributed by atoms with Crippen LogP contribution in [0.3, 0.4) is 0 Å². The number of unbranched alkanes of at least 4 members (excludes halogenated alkanes) is 29. The fourth-order valence-electron chi connectivity index (χ4n) is 10.8. The van der Waals surface area contributed by atoms with Crippen molar-refractivity contribution in [3.63, 3.8) is 0 Å². The molecule has 0 aromatic carbocycles. The summed E-state index contributed by atoms with van der Waals surface area (Å²) >= 11 is 0. The van der Waals surface area contributed by atoms with Gasteiger partial charge in [-0.1, -0.05) is 205 Å². The molecule has 0 saturated carbocycles. The first-order valence-electron chi connectivity index (χ1n) is 31.6. The molecule has 3 aliphatic heterocycles. The van der Waals surface area contributed by atoms with Crippen LogP contribution in [0.5, 0.6) is 0 Å². The molecular weight excluding hydrogens is 1030 g/mol. The van der Waals surface area contributed by atoms with Gasteiger partial charge in [0.05, 0.1) is 38.6 Å². The number of hydrogen-bond donors (Lipinski definition) is 12. The summed E-state index contributed by atoms with van der Waals surface area (Å²) in [6.07, 6.45) is 20.3. The molecule has 0 aromatic heterocycles. The topological polar surface area (TPSA) is 307 Å². The van der Waals surface area contributed by atoms with Crippen LogP contribution in [-0.2, 0) is 33.2 Å². The Morgan fingerprint density at radius 2 is 0.800 bits per heavy atom. The number of aliphatic hydroxyl groups is 11. The fraction of sp³-hybridized carbons (Fsp3) is 0.918. The van der Waals surface area contributed by atoms with Crippen molar-refractivity contribution in [1.82, 2.24) is 5.32 Å². The Morgan fingerprint density at radius 3 is 1.25 bits per heavy atom. The van der Waals surface area contributed by atoms with E-state index in [0.717, 1.165) is 64.2 Å². The molecule has 17 unspecified atom stereocenters. The van der Waals surface area contributed by atoms with E-state index in [-0.39, 0.29) is 18.9 Å². The molecule has 12 N–H and O–H groups in total. The van der Waals surface area contributed by atoms with Gasteiger partial charge in [-0.2, -0.15) is 0 Å². The summed E-state index contributed by atoms with van der Waals surface area (Å²) in [6, 6.07) is -0.974. The Labute approximate surface area is 479 Å². The summed E-state index contributed by atoms with van der Waals surface area (Å²) in [4.78, 5) is 13.3. The summed E-state index contributed by atoms with van der Waals surface area (Å²) < 4.78 is 34.2. The van der Waals surface area contributed by atoms with Crippen LogP contribution >= 0.6 is 0 Å². The standard InChI is InChI=1S/C61H113NO18/c1-3-5-7-9-11-13-15-16-17-18-19-20-21-22-23-24-25-26-27-29-30-32-34-36-38-45(66)44(62-49(67)39-37-35-33-31-28-14-12-10-8-6-4-2)43-75-59-55(73)52(70)57(47(41-64)77-59)80-61-56(74)53(71)58(48(42-65)78-61)79-60-54(72)51(69)50(68)46(40-63)76-60/h10,12,36,38,44-48,50-61,63-66,68-74H,3-9,11,13-35,37,39-43H2,1-2H3,(H,62,67)/b12-10-,38-36+. The van der Waals surface area contributed by atoms with Crippen LogP contribution in [0.25, 0.3) is 0 Å². The highest BCUT2D eigenvalue weighted by Crippen LogP contribution is 2.33. The lowest BCUT2D eigenvalue weighted by molar-refractivity contribution is -0.379. The molecule has 80 heavy (non-hydrogen) atoms. The van der Waals surface area contributed by atoms with E-state index in [1.165, 1.54) is 135 Å². The molecule has 3 heterocycles. The van der Waals surface area contributed by atoms with Crippen LogP contribution < -0.4 is 5.32 Å². The number of hydrogen-bond acceptors (Lipinski definition) is 18. The molecule has 3 rings (SSSR count). The first-order valence-corrected chi connectivity index (χ1v) is 31.6. The largest absolute Gasteiger partial charge is 0.394 e. The quantitative estimate of drug-likeness (QED) is 0.0234. The van der Waals surface area contributed by atoms with Gasteiger partial charge in [-0.3, -0.25) is 4.79 Å². The van der Waals surface area contributed by atoms with Crippen molar-refractivity contribution < 1.29 is 89.4 Å². The maximum atomic E-state index is 13.3. The molecule has 470 valence electrons. The molecule has 19 heteroatoms. The average Bonchev–Trinajstić information content (AvgIpc) is 3.58. The van der Waals surface area contributed by atoms with E-state index in [9.17, 15) is 61.0 Å². The van der Waals surface area contributed by atoms with Crippen LogP contribution in [0.1, 0.15) is 226 Å². The Morgan fingerprint density at radius 1 is 0.438 bits per heavy atom. The van der Waals surface area contributed by atoms with Gasteiger partial charge in [0.1, 0.15) is 73.2 Å². The maximum Gasteiger partial charge on any atom is 0.220 e. The molecule has 3 saturated heterocycles. The molecule has 19 nitrogen and oxygen atoms in total. The summed E-state index contributed by atoms with van der Waals surface area (Å²) in [5, 5.41) is 120. The second kappa shape index (κ2) is 44.7. The van der Waals surface area contributed by atoms with E-state index < -0.39 is 124 Å². The number of allylic oxidation sites excluding steroid dienone is 3. The van der Waals surface area contributed by atoms with E-state index in [1.807, 2.05) is 6.08 Å². The smallest absolute Gasteiger partial charge is 0.220 e. The van der Waals surface area contributed by atoms with Crippen molar-refractivity contribution in [2.24, 2.45) is 0 Å². The second-order valence-electron chi connectivity index (χ2n) is 22.9. The second-order valence-corrected chi connectivity index (χ2v) is 22.9.